The van der Waals surface area contributed by atoms with E-state index < -0.39 is 9.84 Å². The molecule has 0 bridgehead atoms. The van der Waals surface area contributed by atoms with Gasteiger partial charge in [0.1, 0.15) is 0 Å². The standard InChI is InChI=1S/C23H28ClN3O3S2/c1-5-26(6-2)14-15-27(23-25-21-16(4)18(24)12-13-19(21)31-23)22(28)17-10-8-9-11-20(17)32(29,30)7-3/h8-13H,5-7,14-15H2,1-4H3. The van der Waals surface area contributed by atoms with Crippen LogP contribution in [0.1, 0.15) is 36.7 Å². The van der Waals surface area contributed by atoms with Crippen molar-refractivity contribution in [2.75, 3.05) is 36.8 Å². The molecule has 9 heteroatoms. The first-order valence-electron chi connectivity index (χ1n) is 10.6. The van der Waals surface area contributed by atoms with Crippen molar-refractivity contribution >= 4 is 54.0 Å². The molecule has 0 unspecified atom stereocenters. The van der Waals surface area contributed by atoms with Crippen molar-refractivity contribution in [2.45, 2.75) is 32.6 Å². The Balaban J connectivity index is 2.10. The highest BCUT2D eigenvalue weighted by atomic mass is 35.5. The topological polar surface area (TPSA) is 70.6 Å². The van der Waals surface area contributed by atoms with E-state index in [1.54, 1.807) is 30.0 Å². The van der Waals surface area contributed by atoms with Crippen LogP contribution in [0.4, 0.5) is 5.13 Å². The second-order valence-corrected chi connectivity index (χ2v) is 11.1. The van der Waals surface area contributed by atoms with Crippen LogP contribution >= 0.6 is 22.9 Å². The van der Waals surface area contributed by atoms with Gasteiger partial charge in [-0.1, -0.05) is 55.8 Å². The molecule has 2 aromatic carbocycles. The van der Waals surface area contributed by atoms with Gasteiger partial charge in [-0.25, -0.2) is 13.4 Å². The van der Waals surface area contributed by atoms with E-state index in [1.807, 2.05) is 19.1 Å². The summed E-state index contributed by atoms with van der Waals surface area (Å²) in [6, 6.07) is 10.1. The van der Waals surface area contributed by atoms with Crippen LogP contribution in [0.5, 0.6) is 0 Å². The summed E-state index contributed by atoms with van der Waals surface area (Å²) in [5.41, 5.74) is 1.78. The Bertz CT molecular complexity index is 1220. The number of fused-ring (bicyclic) bond motifs is 1. The Morgan fingerprint density at radius 2 is 1.75 bits per heavy atom. The molecule has 0 saturated heterocycles. The number of anilines is 1. The third-order valence-corrected chi connectivity index (χ3v) is 8.82. The molecule has 3 rings (SSSR count). The van der Waals surface area contributed by atoms with Crippen LogP contribution in [0.3, 0.4) is 0 Å². The van der Waals surface area contributed by atoms with Crippen molar-refractivity contribution in [1.29, 1.82) is 0 Å². The van der Waals surface area contributed by atoms with Crippen molar-refractivity contribution in [2.24, 2.45) is 0 Å². The second kappa shape index (κ2) is 10.3. The SMILES string of the molecule is CCN(CC)CCN(C(=O)c1ccccc1S(=O)(=O)CC)c1nc2c(C)c(Cl)ccc2s1. The van der Waals surface area contributed by atoms with E-state index in [4.69, 9.17) is 16.6 Å². The fraction of sp³-hybridized carbons (Fsp3) is 0.391. The molecule has 1 aromatic heterocycles. The van der Waals surface area contributed by atoms with Gasteiger partial charge in [0.25, 0.3) is 5.91 Å². The average molecular weight is 494 g/mol. The van der Waals surface area contributed by atoms with Crippen LogP contribution in [-0.2, 0) is 9.84 Å². The minimum atomic E-state index is -3.56. The minimum Gasteiger partial charge on any atom is -0.302 e. The smallest absolute Gasteiger partial charge is 0.261 e. The normalized spacial score (nSPS) is 11.9. The molecule has 0 saturated carbocycles. The average Bonchev–Trinajstić information content (AvgIpc) is 3.23. The highest BCUT2D eigenvalue weighted by molar-refractivity contribution is 7.91. The molecule has 1 amide bonds. The van der Waals surface area contributed by atoms with Gasteiger partial charge in [-0.2, -0.15) is 0 Å². The second-order valence-electron chi connectivity index (χ2n) is 7.40. The fourth-order valence-corrected chi connectivity index (χ4v) is 5.77. The largest absolute Gasteiger partial charge is 0.302 e. The number of benzene rings is 2. The van der Waals surface area contributed by atoms with Crippen LogP contribution in [0.25, 0.3) is 10.2 Å². The molecule has 0 spiro atoms. The third kappa shape index (κ3) is 4.98. The molecular formula is C23H28ClN3O3S2. The number of aryl methyl sites for hydroxylation is 1. The molecule has 1 heterocycles. The Labute approximate surface area is 198 Å². The van der Waals surface area contributed by atoms with Gasteiger partial charge in [0.15, 0.2) is 15.0 Å². The number of amides is 1. The van der Waals surface area contributed by atoms with Crippen molar-refractivity contribution in [3.63, 3.8) is 0 Å². The molecule has 0 fully saturated rings. The molecule has 3 aromatic rings. The highest BCUT2D eigenvalue weighted by Gasteiger charge is 2.27. The van der Waals surface area contributed by atoms with Gasteiger partial charge >= 0.3 is 0 Å². The lowest BCUT2D eigenvalue weighted by atomic mass is 10.2. The quantitative estimate of drug-likeness (QED) is 0.417. The maximum absolute atomic E-state index is 13.7. The van der Waals surface area contributed by atoms with Gasteiger partial charge in [0.05, 0.1) is 26.4 Å². The molecular weight excluding hydrogens is 466 g/mol. The van der Waals surface area contributed by atoms with Gasteiger partial charge in [0.2, 0.25) is 0 Å². The van der Waals surface area contributed by atoms with Crippen molar-refractivity contribution in [1.82, 2.24) is 9.88 Å². The summed E-state index contributed by atoms with van der Waals surface area (Å²) in [4.78, 5) is 22.3. The van der Waals surface area contributed by atoms with Gasteiger partial charge in [-0.15, -0.1) is 0 Å². The lowest BCUT2D eigenvalue weighted by molar-refractivity contribution is 0.0980. The maximum Gasteiger partial charge on any atom is 0.261 e. The van der Waals surface area contributed by atoms with Crippen LogP contribution in [0.2, 0.25) is 5.02 Å². The van der Waals surface area contributed by atoms with E-state index in [1.165, 1.54) is 17.4 Å². The van der Waals surface area contributed by atoms with E-state index in [9.17, 15) is 13.2 Å². The maximum atomic E-state index is 13.7. The van der Waals surface area contributed by atoms with Gasteiger partial charge in [-0.3, -0.25) is 9.69 Å². The van der Waals surface area contributed by atoms with E-state index in [-0.39, 0.29) is 22.1 Å². The summed E-state index contributed by atoms with van der Waals surface area (Å²) in [5, 5.41) is 1.15. The Morgan fingerprint density at radius 3 is 2.41 bits per heavy atom. The van der Waals surface area contributed by atoms with Crippen LogP contribution in [-0.4, -0.2) is 56.1 Å². The van der Waals surface area contributed by atoms with E-state index in [2.05, 4.69) is 18.7 Å². The zero-order valence-electron chi connectivity index (χ0n) is 18.8. The third-order valence-electron chi connectivity index (χ3n) is 5.58. The molecule has 0 atom stereocenters. The Morgan fingerprint density at radius 1 is 1.06 bits per heavy atom. The number of carbonyl (C=O) groups excluding carboxylic acids is 1. The summed E-state index contributed by atoms with van der Waals surface area (Å²) in [7, 11) is -3.56. The van der Waals surface area contributed by atoms with Gasteiger partial charge in [0, 0.05) is 18.1 Å². The number of carbonyl (C=O) groups is 1. The number of hydrogen-bond donors (Lipinski definition) is 0. The lowest BCUT2D eigenvalue weighted by Gasteiger charge is -2.25. The van der Waals surface area contributed by atoms with E-state index >= 15 is 0 Å². The summed E-state index contributed by atoms with van der Waals surface area (Å²) in [5.74, 6) is -0.442. The first-order valence-corrected chi connectivity index (χ1v) is 13.5. The van der Waals surface area contributed by atoms with Crippen molar-refractivity contribution < 1.29 is 13.2 Å². The molecule has 0 radical (unpaired) electrons. The number of halogens is 1. The monoisotopic (exact) mass is 493 g/mol. The number of sulfone groups is 1. The van der Waals surface area contributed by atoms with Crippen LogP contribution in [0, 0.1) is 6.92 Å². The number of rotatable bonds is 9. The summed E-state index contributed by atoms with van der Waals surface area (Å²) in [6.07, 6.45) is 0. The number of nitrogens with zero attached hydrogens (tertiary/aromatic N) is 3. The Kier molecular flexibility index (Phi) is 7.92. The lowest BCUT2D eigenvalue weighted by Crippen LogP contribution is -2.39. The minimum absolute atomic E-state index is 0.0562. The molecule has 0 aliphatic heterocycles. The van der Waals surface area contributed by atoms with E-state index in [0.29, 0.717) is 23.2 Å². The molecule has 0 aliphatic rings. The number of likely N-dealkylation sites (N-methyl/N-ethyl adjacent to an activating group) is 1. The first kappa shape index (κ1) is 24.6. The number of hydrogen-bond acceptors (Lipinski definition) is 6. The van der Waals surface area contributed by atoms with Crippen LogP contribution in [0.15, 0.2) is 41.3 Å². The van der Waals surface area contributed by atoms with Gasteiger partial charge < -0.3 is 4.90 Å². The van der Waals surface area contributed by atoms with E-state index in [0.717, 1.165) is 28.9 Å². The Hall–Kier alpha value is -2.00. The predicted molar refractivity (Wildman–Crippen MR) is 133 cm³/mol. The molecule has 0 N–H and O–H groups in total. The van der Waals surface area contributed by atoms with Crippen molar-refractivity contribution in [3.8, 4) is 0 Å². The highest BCUT2D eigenvalue weighted by Crippen LogP contribution is 2.34. The van der Waals surface area contributed by atoms with Gasteiger partial charge in [-0.05, 0) is 49.8 Å². The summed E-state index contributed by atoms with van der Waals surface area (Å²) in [6.45, 7) is 10.4. The molecule has 6 nitrogen and oxygen atoms in total. The molecule has 172 valence electrons. The van der Waals surface area contributed by atoms with Crippen LogP contribution < -0.4 is 4.90 Å². The molecule has 0 aliphatic carbocycles. The summed E-state index contributed by atoms with van der Waals surface area (Å²) < 4.78 is 26.2. The molecule has 32 heavy (non-hydrogen) atoms. The zero-order valence-corrected chi connectivity index (χ0v) is 21.1. The number of thiazole rings is 1. The van der Waals surface area contributed by atoms with Crippen molar-refractivity contribution in [3.05, 3.63) is 52.5 Å². The first-order chi connectivity index (χ1) is 15.2. The summed E-state index contributed by atoms with van der Waals surface area (Å²) >= 11 is 7.68. The zero-order chi connectivity index (χ0) is 23.5. The predicted octanol–water partition coefficient (Wildman–Crippen LogP) is 5.04. The number of aromatic nitrogens is 1. The fourth-order valence-electron chi connectivity index (χ4n) is 3.49.